The molecule has 0 aromatic heterocycles. The lowest BCUT2D eigenvalue weighted by Crippen LogP contribution is -2.27. The molecular formula is C15H12F2N2O4S. The number of benzene rings is 2. The van der Waals surface area contributed by atoms with Crippen LogP contribution in [0.4, 0.5) is 19.3 Å². The van der Waals surface area contributed by atoms with E-state index in [9.17, 15) is 26.5 Å². The number of rotatable bonds is 3. The van der Waals surface area contributed by atoms with Gasteiger partial charge in [0.1, 0.15) is 4.90 Å². The summed E-state index contributed by atoms with van der Waals surface area (Å²) in [5.74, 6) is -2.24. The molecule has 6 nitrogen and oxygen atoms in total. The first-order valence-electron chi connectivity index (χ1n) is 6.90. The molecule has 24 heavy (non-hydrogen) atoms. The minimum atomic E-state index is -4.59. The Labute approximate surface area is 136 Å². The van der Waals surface area contributed by atoms with Gasteiger partial charge < -0.3 is 5.32 Å². The number of carbonyl (C=O) groups excluding carboxylic acids is 1. The molecule has 3 rings (SSSR count). The number of carbonyl (C=O) groups is 1. The summed E-state index contributed by atoms with van der Waals surface area (Å²) in [6.07, 6.45) is 0. The average molecular weight is 354 g/mol. The van der Waals surface area contributed by atoms with E-state index < -0.39 is 26.6 Å². The molecule has 0 bridgehead atoms. The molecule has 2 aromatic rings. The van der Waals surface area contributed by atoms with E-state index in [4.69, 9.17) is 0 Å². The van der Waals surface area contributed by atoms with Crippen molar-refractivity contribution in [1.82, 2.24) is 5.32 Å². The Morgan fingerprint density at radius 2 is 1.83 bits per heavy atom. The first-order valence-corrected chi connectivity index (χ1v) is 8.34. The molecule has 2 aromatic carbocycles. The zero-order valence-electron chi connectivity index (χ0n) is 12.2. The van der Waals surface area contributed by atoms with Gasteiger partial charge in [0.25, 0.3) is 10.1 Å². The fourth-order valence-electron chi connectivity index (χ4n) is 2.52. The monoisotopic (exact) mass is 354 g/mol. The second kappa shape index (κ2) is 5.84. The van der Waals surface area contributed by atoms with Crippen molar-refractivity contribution in [1.29, 1.82) is 0 Å². The van der Waals surface area contributed by atoms with E-state index in [1.54, 1.807) is 0 Å². The van der Waals surface area contributed by atoms with E-state index in [1.807, 2.05) is 0 Å². The molecule has 0 unspecified atom stereocenters. The minimum Gasteiger partial charge on any atom is -0.336 e. The van der Waals surface area contributed by atoms with Gasteiger partial charge in [0, 0.05) is 24.3 Å². The number of anilines is 1. The summed E-state index contributed by atoms with van der Waals surface area (Å²) in [5.41, 5.74) is 0.397. The number of hydrogen-bond acceptors (Lipinski definition) is 3. The van der Waals surface area contributed by atoms with Crippen molar-refractivity contribution in [3.8, 4) is 11.1 Å². The van der Waals surface area contributed by atoms with Crippen LogP contribution in [-0.4, -0.2) is 32.1 Å². The normalized spacial score (nSPS) is 14.8. The highest BCUT2D eigenvalue weighted by atomic mass is 32.2. The van der Waals surface area contributed by atoms with Crippen LogP contribution in [0.1, 0.15) is 0 Å². The maximum absolute atomic E-state index is 13.5. The van der Waals surface area contributed by atoms with Crippen molar-refractivity contribution < 1.29 is 26.5 Å². The molecule has 0 atom stereocenters. The molecule has 0 radical (unpaired) electrons. The maximum atomic E-state index is 13.5. The van der Waals surface area contributed by atoms with Crippen molar-refractivity contribution in [2.24, 2.45) is 0 Å². The molecule has 2 N–H and O–H groups in total. The zero-order valence-corrected chi connectivity index (χ0v) is 13.0. The van der Waals surface area contributed by atoms with Crippen LogP contribution in [0.15, 0.2) is 41.3 Å². The van der Waals surface area contributed by atoms with E-state index in [0.29, 0.717) is 18.8 Å². The second-order valence-corrected chi connectivity index (χ2v) is 6.56. The molecule has 1 aliphatic heterocycles. The van der Waals surface area contributed by atoms with Gasteiger partial charge in [-0.3, -0.25) is 9.45 Å². The molecule has 2 amide bonds. The van der Waals surface area contributed by atoms with Gasteiger partial charge >= 0.3 is 6.03 Å². The van der Waals surface area contributed by atoms with Crippen LogP contribution in [0.5, 0.6) is 0 Å². The Kier molecular flexibility index (Phi) is 3.98. The minimum absolute atomic E-state index is 0.0337. The molecule has 0 saturated carbocycles. The predicted molar refractivity (Wildman–Crippen MR) is 82.4 cm³/mol. The van der Waals surface area contributed by atoms with Crippen LogP contribution in [0.25, 0.3) is 11.1 Å². The summed E-state index contributed by atoms with van der Waals surface area (Å²) in [6, 6.07) is 6.33. The number of halogens is 2. The SMILES string of the molecule is O=C1NCCN1c1ccc(S(=O)(=O)O)c(-c2ccc(F)c(F)c2)c1. The van der Waals surface area contributed by atoms with Crippen LogP contribution in [0.3, 0.4) is 0 Å². The average Bonchev–Trinajstić information content (AvgIpc) is 2.94. The molecule has 0 spiro atoms. The number of nitrogens with zero attached hydrogens (tertiary/aromatic N) is 1. The summed E-state index contributed by atoms with van der Waals surface area (Å²) < 4.78 is 59.1. The zero-order chi connectivity index (χ0) is 17.5. The van der Waals surface area contributed by atoms with Crippen LogP contribution < -0.4 is 10.2 Å². The van der Waals surface area contributed by atoms with Gasteiger partial charge in [0.15, 0.2) is 11.6 Å². The van der Waals surface area contributed by atoms with Crippen LogP contribution in [0.2, 0.25) is 0 Å². The number of nitrogens with one attached hydrogen (secondary N) is 1. The fourth-order valence-corrected chi connectivity index (χ4v) is 3.21. The van der Waals surface area contributed by atoms with E-state index >= 15 is 0 Å². The molecule has 126 valence electrons. The van der Waals surface area contributed by atoms with Gasteiger partial charge in [0.2, 0.25) is 0 Å². The number of urea groups is 1. The lowest BCUT2D eigenvalue weighted by Gasteiger charge is -2.17. The third-order valence-corrected chi connectivity index (χ3v) is 4.55. The topological polar surface area (TPSA) is 86.7 Å². The Morgan fingerprint density at radius 1 is 1.08 bits per heavy atom. The van der Waals surface area contributed by atoms with Crippen molar-refractivity contribution >= 4 is 21.8 Å². The van der Waals surface area contributed by atoms with Gasteiger partial charge in [0.05, 0.1) is 0 Å². The van der Waals surface area contributed by atoms with Crippen LogP contribution >= 0.6 is 0 Å². The van der Waals surface area contributed by atoms with Crippen molar-refractivity contribution in [2.75, 3.05) is 18.0 Å². The smallest absolute Gasteiger partial charge is 0.321 e. The van der Waals surface area contributed by atoms with Crippen molar-refractivity contribution in [3.63, 3.8) is 0 Å². The summed E-state index contributed by atoms with van der Waals surface area (Å²) in [7, 11) is -4.59. The maximum Gasteiger partial charge on any atom is 0.321 e. The quantitative estimate of drug-likeness (QED) is 0.829. The lowest BCUT2D eigenvalue weighted by molar-refractivity contribution is 0.252. The van der Waals surface area contributed by atoms with Crippen LogP contribution in [-0.2, 0) is 10.1 Å². The lowest BCUT2D eigenvalue weighted by atomic mass is 10.0. The van der Waals surface area contributed by atoms with E-state index in [2.05, 4.69) is 5.32 Å². The van der Waals surface area contributed by atoms with Gasteiger partial charge in [-0.25, -0.2) is 13.6 Å². The molecular weight excluding hydrogens is 342 g/mol. The Balaban J connectivity index is 2.19. The first kappa shape index (κ1) is 16.3. The Hall–Kier alpha value is -2.52. The molecule has 1 saturated heterocycles. The summed E-state index contributed by atoms with van der Waals surface area (Å²) >= 11 is 0. The first-order chi connectivity index (χ1) is 11.3. The largest absolute Gasteiger partial charge is 0.336 e. The Bertz CT molecular complexity index is 931. The fraction of sp³-hybridized carbons (Fsp3) is 0.133. The summed E-state index contributed by atoms with van der Waals surface area (Å²) in [6.45, 7) is 0.806. The van der Waals surface area contributed by atoms with E-state index in [0.717, 1.165) is 18.2 Å². The molecule has 1 fully saturated rings. The highest BCUT2D eigenvalue weighted by Crippen LogP contribution is 2.32. The van der Waals surface area contributed by atoms with Gasteiger partial charge in [-0.1, -0.05) is 6.07 Å². The molecule has 0 aliphatic carbocycles. The molecule has 1 aliphatic rings. The third kappa shape index (κ3) is 2.95. The van der Waals surface area contributed by atoms with E-state index in [-0.39, 0.29) is 17.2 Å². The van der Waals surface area contributed by atoms with Gasteiger partial charge in [-0.05, 0) is 35.9 Å². The number of hydrogen-bond donors (Lipinski definition) is 2. The van der Waals surface area contributed by atoms with Crippen LogP contribution in [0, 0.1) is 11.6 Å². The third-order valence-electron chi connectivity index (χ3n) is 3.64. The molecule has 1 heterocycles. The van der Waals surface area contributed by atoms with E-state index in [1.165, 1.54) is 23.1 Å². The Morgan fingerprint density at radius 3 is 2.42 bits per heavy atom. The van der Waals surface area contributed by atoms with Gasteiger partial charge in [-0.2, -0.15) is 8.42 Å². The van der Waals surface area contributed by atoms with Crippen molar-refractivity contribution in [2.45, 2.75) is 4.90 Å². The highest BCUT2D eigenvalue weighted by Gasteiger charge is 2.24. The predicted octanol–water partition coefficient (Wildman–Crippen LogP) is 2.41. The second-order valence-electron chi connectivity index (χ2n) is 5.17. The number of amides is 2. The van der Waals surface area contributed by atoms with Crippen molar-refractivity contribution in [3.05, 3.63) is 48.0 Å². The highest BCUT2D eigenvalue weighted by molar-refractivity contribution is 7.86. The standard InChI is InChI=1S/C15H12F2N2O4S/c16-12-3-1-9(7-13(12)17)11-8-10(19-6-5-18-15(19)20)2-4-14(11)24(21,22)23/h1-4,7-8H,5-6H2,(H,18,20)(H,21,22,23). The summed E-state index contributed by atoms with van der Waals surface area (Å²) in [4.78, 5) is 12.7. The summed E-state index contributed by atoms with van der Waals surface area (Å²) in [5, 5.41) is 2.60. The van der Waals surface area contributed by atoms with Gasteiger partial charge in [-0.15, -0.1) is 0 Å². The molecule has 9 heteroatoms.